The highest BCUT2D eigenvalue weighted by Gasteiger charge is 2.21. The number of amides is 1. The second kappa shape index (κ2) is 8.21. The Hall–Kier alpha value is -2.27. The second-order valence-corrected chi connectivity index (χ2v) is 6.21. The van der Waals surface area contributed by atoms with Crippen LogP contribution in [-0.4, -0.2) is 19.0 Å². The van der Waals surface area contributed by atoms with Crippen LogP contribution in [0, 0.1) is 5.82 Å². The summed E-state index contributed by atoms with van der Waals surface area (Å²) in [6.07, 6.45) is 1.94. The fraction of sp³-hybridized carbons (Fsp3) is 0.316. The number of nitrogens with one attached hydrogen (secondary N) is 1. The second-order valence-electron chi connectivity index (χ2n) is 6.21. The number of nitrogens with two attached hydrogens (primary N) is 1. The van der Waals surface area contributed by atoms with E-state index >= 15 is 0 Å². The van der Waals surface area contributed by atoms with Gasteiger partial charge in [-0.15, -0.1) is 12.4 Å². The molecule has 1 aliphatic heterocycles. The molecule has 0 saturated carbocycles. The largest absolute Gasteiger partial charge is 0.398 e. The van der Waals surface area contributed by atoms with Crippen molar-refractivity contribution in [3.63, 3.8) is 0 Å². The van der Waals surface area contributed by atoms with Crippen molar-refractivity contribution in [1.29, 1.82) is 0 Å². The Balaban J connectivity index is 0.00000225. The Kier molecular flexibility index (Phi) is 6.26. The SMILES string of the molecule is CC(NC(=O)CN1CCCc2c(N)cccc21)c1ccc(F)cc1.Cl. The third kappa shape index (κ3) is 4.42. The van der Waals surface area contributed by atoms with Gasteiger partial charge in [-0.3, -0.25) is 4.79 Å². The monoisotopic (exact) mass is 363 g/mol. The topological polar surface area (TPSA) is 58.4 Å². The van der Waals surface area contributed by atoms with Crippen LogP contribution in [0.2, 0.25) is 0 Å². The first-order valence-electron chi connectivity index (χ1n) is 8.22. The molecule has 1 heterocycles. The average Bonchev–Trinajstić information content (AvgIpc) is 2.56. The molecule has 2 aromatic rings. The van der Waals surface area contributed by atoms with Crippen LogP contribution in [0.3, 0.4) is 0 Å². The summed E-state index contributed by atoms with van der Waals surface area (Å²) in [5.74, 6) is -0.332. The molecular formula is C19H23ClFN3O. The lowest BCUT2D eigenvalue weighted by Gasteiger charge is -2.31. The third-order valence-electron chi connectivity index (χ3n) is 4.46. The average molecular weight is 364 g/mol. The molecule has 1 aliphatic rings. The highest BCUT2D eigenvalue weighted by atomic mass is 35.5. The van der Waals surface area contributed by atoms with Crippen molar-refractivity contribution < 1.29 is 9.18 Å². The molecule has 0 aromatic heterocycles. The van der Waals surface area contributed by atoms with E-state index in [1.807, 2.05) is 25.1 Å². The van der Waals surface area contributed by atoms with Gasteiger partial charge in [0, 0.05) is 17.9 Å². The zero-order valence-corrected chi connectivity index (χ0v) is 15.0. The Bertz CT molecular complexity index is 736. The van der Waals surface area contributed by atoms with Crippen molar-refractivity contribution >= 4 is 29.7 Å². The molecule has 1 atom stereocenters. The van der Waals surface area contributed by atoms with Crippen LogP contribution >= 0.6 is 12.4 Å². The van der Waals surface area contributed by atoms with Gasteiger partial charge in [-0.05, 0) is 55.2 Å². The van der Waals surface area contributed by atoms with Crippen LogP contribution in [-0.2, 0) is 11.2 Å². The first-order valence-corrected chi connectivity index (χ1v) is 8.22. The van der Waals surface area contributed by atoms with Gasteiger partial charge >= 0.3 is 0 Å². The molecule has 2 aromatic carbocycles. The van der Waals surface area contributed by atoms with Gasteiger partial charge in [0.2, 0.25) is 5.91 Å². The Labute approximate surface area is 153 Å². The number of nitrogens with zero attached hydrogens (tertiary/aromatic N) is 1. The molecule has 0 bridgehead atoms. The highest BCUT2D eigenvalue weighted by Crippen LogP contribution is 2.30. The lowest BCUT2D eigenvalue weighted by molar-refractivity contribution is -0.120. The maximum Gasteiger partial charge on any atom is 0.239 e. The van der Waals surface area contributed by atoms with Crippen LogP contribution < -0.4 is 16.0 Å². The van der Waals surface area contributed by atoms with Gasteiger partial charge in [0.25, 0.3) is 0 Å². The molecule has 3 N–H and O–H groups in total. The molecule has 1 amide bonds. The van der Waals surface area contributed by atoms with Gasteiger partial charge in [-0.2, -0.15) is 0 Å². The zero-order valence-electron chi connectivity index (χ0n) is 14.2. The number of carbonyl (C=O) groups excluding carboxylic acids is 1. The molecule has 25 heavy (non-hydrogen) atoms. The summed E-state index contributed by atoms with van der Waals surface area (Å²) in [6, 6.07) is 11.9. The maximum atomic E-state index is 13.0. The van der Waals surface area contributed by atoms with Gasteiger partial charge in [-0.1, -0.05) is 18.2 Å². The molecule has 134 valence electrons. The summed E-state index contributed by atoms with van der Waals surface area (Å²) < 4.78 is 13.0. The van der Waals surface area contributed by atoms with E-state index < -0.39 is 0 Å². The fourth-order valence-corrected chi connectivity index (χ4v) is 3.19. The smallest absolute Gasteiger partial charge is 0.239 e. The molecule has 0 aliphatic carbocycles. The third-order valence-corrected chi connectivity index (χ3v) is 4.46. The predicted octanol–water partition coefficient (Wildman–Crippen LogP) is 3.46. The van der Waals surface area contributed by atoms with E-state index in [0.29, 0.717) is 6.54 Å². The molecule has 0 radical (unpaired) electrons. The highest BCUT2D eigenvalue weighted by molar-refractivity contribution is 5.85. The summed E-state index contributed by atoms with van der Waals surface area (Å²) in [7, 11) is 0. The Morgan fingerprint density at radius 2 is 2.00 bits per heavy atom. The quantitative estimate of drug-likeness (QED) is 0.818. The van der Waals surface area contributed by atoms with Crippen molar-refractivity contribution in [3.05, 3.63) is 59.4 Å². The fourth-order valence-electron chi connectivity index (χ4n) is 3.19. The number of fused-ring (bicyclic) bond motifs is 1. The van der Waals surface area contributed by atoms with E-state index in [1.54, 1.807) is 12.1 Å². The number of carbonyl (C=O) groups is 1. The van der Waals surface area contributed by atoms with E-state index in [0.717, 1.165) is 41.9 Å². The lowest BCUT2D eigenvalue weighted by atomic mass is 10.00. The van der Waals surface area contributed by atoms with Gasteiger partial charge in [0.1, 0.15) is 5.82 Å². The molecule has 3 rings (SSSR count). The van der Waals surface area contributed by atoms with Gasteiger partial charge < -0.3 is 16.0 Å². The minimum Gasteiger partial charge on any atom is -0.398 e. The van der Waals surface area contributed by atoms with E-state index in [-0.39, 0.29) is 30.2 Å². The van der Waals surface area contributed by atoms with Gasteiger partial charge in [0.15, 0.2) is 0 Å². The van der Waals surface area contributed by atoms with Crippen molar-refractivity contribution in [2.24, 2.45) is 0 Å². The van der Waals surface area contributed by atoms with Crippen LogP contribution in [0.4, 0.5) is 15.8 Å². The lowest BCUT2D eigenvalue weighted by Crippen LogP contribution is -2.40. The number of hydrogen-bond acceptors (Lipinski definition) is 3. The zero-order chi connectivity index (χ0) is 17.1. The number of halogens is 2. The maximum absolute atomic E-state index is 13.0. The number of rotatable bonds is 4. The summed E-state index contributed by atoms with van der Waals surface area (Å²) >= 11 is 0. The predicted molar refractivity (Wildman–Crippen MR) is 102 cm³/mol. The summed E-state index contributed by atoms with van der Waals surface area (Å²) in [4.78, 5) is 14.5. The first kappa shape index (κ1) is 19.1. The minimum atomic E-state index is -0.278. The Morgan fingerprint density at radius 3 is 2.72 bits per heavy atom. The molecule has 4 nitrogen and oxygen atoms in total. The van der Waals surface area contributed by atoms with Crippen molar-refractivity contribution in [3.8, 4) is 0 Å². The molecule has 6 heteroatoms. The van der Waals surface area contributed by atoms with E-state index in [1.165, 1.54) is 12.1 Å². The summed E-state index contributed by atoms with van der Waals surface area (Å²) in [5, 5.41) is 2.97. The summed E-state index contributed by atoms with van der Waals surface area (Å²) in [6.45, 7) is 3.03. The molecule has 0 saturated heterocycles. The number of nitrogen functional groups attached to an aromatic ring is 1. The molecule has 0 spiro atoms. The van der Waals surface area contributed by atoms with Crippen molar-refractivity contribution in [2.45, 2.75) is 25.8 Å². The Morgan fingerprint density at radius 1 is 1.28 bits per heavy atom. The van der Waals surface area contributed by atoms with Gasteiger partial charge in [0.05, 0.1) is 12.6 Å². The van der Waals surface area contributed by atoms with Gasteiger partial charge in [-0.25, -0.2) is 4.39 Å². The van der Waals surface area contributed by atoms with Crippen LogP contribution in [0.1, 0.15) is 30.5 Å². The van der Waals surface area contributed by atoms with E-state index in [2.05, 4.69) is 10.2 Å². The molecular weight excluding hydrogens is 341 g/mol. The number of anilines is 2. The van der Waals surface area contributed by atoms with Crippen LogP contribution in [0.25, 0.3) is 0 Å². The number of benzene rings is 2. The van der Waals surface area contributed by atoms with Crippen LogP contribution in [0.5, 0.6) is 0 Å². The first-order chi connectivity index (χ1) is 11.5. The van der Waals surface area contributed by atoms with Crippen LogP contribution in [0.15, 0.2) is 42.5 Å². The summed E-state index contributed by atoms with van der Waals surface area (Å²) in [5.41, 5.74) is 9.89. The van der Waals surface area contributed by atoms with Crippen molar-refractivity contribution in [1.82, 2.24) is 5.32 Å². The molecule has 0 fully saturated rings. The van der Waals surface area contributed by atoms with Crippen molar-refractivity contribution in [2.75, 3.05) is 23.7 Å². The normalized spacial score (nSPS) is 14.2. The standard InChI is InChI=1S/C19H22FN3O.ClH/c1-13(14-7-9-15(20)10-8-14)22-19(24)12-23-11-3-4-16-17(21)5-2-6-18(16)23;/h2,5-10,13H,3-4,11-12,21H2,1H3,(H,22,24);1H. The van der Waals surface area contributed by atoms with E-state index in [4.69, 9.17) is 5.73 Å². The minimum absolute atomic E-state index is 0. The number of hydrogen-bond donors (Lipinski definition) is 2. The van der Waals surface area contributed by atoms with E-state index in [9.17, 15) is 9.18 Å². The molecule has 1 unspecified atom stereocenters.